The number of anilines is 1. The number of carboxylic acids is 4. The van der Waals surface area contributed by atoms with Gasteiger partial charge in [-0.15, -0.1) is 0 Å². The normalized spacial score (nSPS) is 10.3. The number of hydrogen-bond donors (Lipinski definition) is 6. The Morgan fingerprint density at radius 3 is 1.32 bits per heavy atom. The number of aromatic nitrogens is 4. The molecule has 0 spiro atoms. The SMILES string of the molecule is O=C(O)CN(CC(=O)O)C(=O)Cn1ccnc1CN(CCCCCCCCCCCC(=O)CCCc1ccc(NS(=O)(=O)O)cc1)Cc1nccn1CC(=O)N(CC(=O)O)CC(=O)O.[C-]#[O+].[C-]#[O+].[C-]#[O+].[Re]. The van der Waals surface area contributed by atoms with Crippen LogP contribution in [0.1, 0.15) is 94.3 Å². The molecule has 0 aliphatic heterocycles. The summed E-state index contributed by atoms with van der Waals surface area (Å²) in [4.78, 5) is 95.8. The maximum absolute atomic E-state index is 13.0. The van der Waals surface area contributed by atoms with E-state index in [-0.39, 0.29) is 58.1 Å². The van der Waals surface area contributed by atoms with E-state index < -0.39 is 72.2 Å². The third-order valence-corrected chi connectivity index (χ3v) is 10.5. The monoisotopic (exact) mass is 1190 g/mol. The van der Waals surface area contributed by atoms with Gasteiger partial charge in [-0.1, -0.05) is 57.1 Å². The van der Waals surface area contributed by atoms with Gasteiger partial charge in [0.2, 0.25) is 11.8 Å². The smallest absolute Gasteiger partial charge is 0 e. The van der Waals surface area contributed by atoms with Crippen LogP contribution in [0.2, 0.25) is 0 Å². The van der Waals surface area contributed by atoms with Crippen LogP contribution in [0, 0.1) is 20.0 Å². The van der Waals surface area contributed by atoms with Gasteiger partial charge in [0.1, 0.15) is 56.7 Å². The molecule has 3 aromatic rings. The number of aliphatic carboxylic acids is 4. The number of nitrogens with one attached hydrogen (secondary N) is 1. The van der Waals surface area contributed by atoms with E-state index in [4.69, 9.17) is 18.5 Å². The van der Waals surface area contributed by atoms with Gasteiger partial charge in [0.05, 0.1) is 18.8 Å². The molecule has 389 valence electrons. The van der Waals surface area contributed by atoms with Crippen molar-refractivity contribution in [3.8, 4) is 0 Å². The molecule has 0 fully saturated rings. The van der Waals surface area contributed by atoms with Crippen molar-refractivity contribution in [2.75, 3.05) is 37.4 Å². The second-order valence-electron chi connectivity index (χ2n) is 15.3. The summed E-state index contributed by atoms with van der Waals surface area (Å²) in [6.45, 7) is 10.5. The van der Waals surface area contributed by atoms with E-state index in [9.17, 15) is 62.4 Å². The summed E-state index contributed by atoms with van der Waals surface area (Å²) in [5.74, 6) is -5.89. The van der Waals surface area contributed by atoms with Gasteiger partial charge in [-0.25, -0.2) is 9.97 Å². The first-order chi connectivity index (χ1) is 33.4. The molecule has 71 heavy (non-hydrogen) atoms. The zero-order chi connectivity index (χ0) is 53.1. The van der Waals surface area contributed by atoms with Crippen LogP contribution in [0.3, 0.4) is 0 Å². The Balaban J connectivity index is 0. The number of rotatable bonds is 34. The minimum Gasteiger partial charge on any atom is 0 e. The summed E-state index contributed by atoms with van der Waals surface area (Å²) in [6, 6.07) is 6.60. The molecule has 1 aromatic carbocycles. The number of hydrogen-bond acceptors (Lipinski definition) is 12. The zero-order valence-electron chi connectivity index (χ0n) is 38.7. The average Bonchev–Trinajstić information content (AvgIpc) is 3.94. The number of imidazole rings is 2. The van der Waals surface area contributed by atoms with E-state index in [2.05, 4.69) is 29.9 Å². The second-order valence-corrected chi connectivity index (χ2v) is 16.5. The van der Waals surface area contributed by atoms with Gasteiger partial charge >= 0.3 is 68.1 Å². The Morgan fingerprint density at radius 2 is 0.944 bits per heavy atom. The van der Waals surface area contributed by atoms with Crippen molar-refractivity contribution in [3.05, 3.63) is 86.2 Å². The van der Waals surface area contributed by atoms with Gasteiger partial charge < -0.3 is 39.4 Å². The van der Waals surface area contributed by atoms with Gasteiger partial charge in [-0.05, 0) is 49.9 Å². The Hall–Kier alpha value is -6.32. The molecular weight excluding hydrogens is 1130 g/mol. The average molecular weight is 1190 g/mol. The van der Waals surface area contributed by atoms with Crippen molar-refractivity contribution >= 4 is 57.5 Å². The largest absolute Gasteiger partial charge is 0 e. The molecule has 0 bridgehead atoms. The number of nitrogens with zero attached hydrogens (tertiary/aromatic N) is 7. The minimum absolute atomic E-state index is 0. The molecule has 0 saturated carbocycles. The second kappa shape index (κ2) is 38.4. The fourth-order valence-electron chi connectivity index (χ4n) is 6.89. The molecule has 27 heteroatoms. The number of carbonyl (C=O) groups is 7. The third-order valence-electron chi connectivity index (χ3n) is 10.0. The Labute approximate surface area is 424 Å². The van der Waals surface area contributed by atoms with Crippen LogP contribution < -0.4 is 4.72 Å². The van der Waals surface area contributed by atoms with E-state index >= 15 is 0 Å². The minimum atomic E-state index is -4.33. The van der Waals surface area contributed by atoms with Crippen LogP contribution >= 0.6 is 0 Å². The predicted octanol–water partition coefficient (Wildman–Crippen LogP) is 2.67. The number of carbonyl (C=O) groups excluding carboxylic acids is 3. The van der Waals surface area contributed by atoms with Crippen molar-refractivity contribution in [1.82, 2.24) is 33.8 Å². The van der Waals surface area contributed by atoms with Crippen molar-refractivity contribution in [2.24, 2.45) is 0 Å². The fraction of sp³-hybridized carbons (Fsp3) is 0.500. The van der Waals surface area contributed by atoms with Crippen LogP contribution in [-0.2, 0) is 111 Å². The molecule has 6 N–H and O–H groups in total. The third kappa shape index (κ3) is 30.8. The van der Waals surface area contributed by atoms with Crippen molar-refractivity contribution in [2.45, 2.75) is 110 Å². The van der Waals surface area contributed by atoms with Gasteiger partial charge in [-0.2, -0.15) is 8.42 Å². The first kappa shape index (κ1) is 66.8. The summed E-state index contributed by atoms with van der Waals surface area (Å²) in [5.41, 5.74) is 1.22. The molecule has 2 amide bonds. The predicted molar refractivity (Wildman–Crippen MR) is 240 cm³/mol. The number of aryl methyl sites for hydroxylation is 1. The maximum atomic E-state index is 13.0. The summed E-state index contributed by atoms with van der Waals surface area (Å²) < 4.78 is 58.2. The number of carboxylic acid groups (broad SMARTS) is 4. The van der Waals surface area contributed by atoms with Crippen molar-refractivity contribution < 1.29 is 101 Å². The van der Waals surface area contributed by atoms with E-state index in [1.54, 1.807) is 24.3 Å². The summed E-state index contributed by atoms with van der Waals surface area (Å²) in [7, 11) is -4.33. The number of amides is 2. The molecule has 0 aliphatic carbocycles. The number of benzene rings is 1. The summed E-state index contributed by atoms with van der Waals surface area (Å²) >= 11 is 0. The van der Waals surface area contributed by atoms with Crippen LogP contribution in [0.5, 0.6) is 0 Å². The molecule has 0 saturated heterocycles. The quantitative estimate of drug-likeness (QED) is 0.0217. The number of unbranched alkanes of at least 4 members (excludes halogenated alkanes) is 8. The first-order valence-electron chi connectivity index (χ1n) is 21.5. The molecular formula is C44H58N8O17ReS. The van der Waals surface area contributed by atoms with E-state index in [1.807, 2.05) is 9.62 Å². The van der Waals surface area contributed by atoms with Crippen molar-refractivity contribution in [1.29, 1.82) is 0 Å². The molecule has 0 unspecified atom stereocenters. The fourth-order valence-corrected chi connectivity index (χ4v) is 7.33. The van der Waals surface area contributed by atoms with Crippen LogP contribution in [0.15, 0.2) is 49.1 Å². The molecule has 3 rings (SSSR count). The topological polar surface area (TPSA) is 372 Å². The van der Waals surface area contributed by atoms with E-state index in [0.29, 0.717) is 53.7 Å². The Morgan fingerprint density at radius 1 is 0.577 bits per heavy atom. The van der Waals surface area contributed by atoms with Crippen molar-refractivity contribution in [3.63, 3.8) is 0 Å². The van der Waals surface area contributed by atoms with E-state index in [0.717, 1.165) is 63.4 Å². The molecule has 2 aromatic heterocycles. The zero-order valence-corrected chi connectivity index (χ0v) is 42.3. The van der Waals surface area contributed by atoms with Gasteiger partial charge in [-0.3, -0.25) is 47.7 Å². The molecule has 1 radical (unpaired) electrons. The van der Waals surface area contributed by atoms with Crippen LogP contribution in [-0.4, -0.2) is 141 Å². The van der Waals surface area contributed by atoms with Crippen LogP contribution in [0.4, 0.5) is 5.69 Å². The molecule has 0 atom stereocenters. The molecule has 0 aliphatic rings. The van der Waals surface area contributed by atoms with Gasteiger partial charge in [0, 0.05) is 58.1 Å². The van der Waals surface area contributed by atoms with Gasteiger partial charge in [0.25, 0.3) is 0 Å². The van der Waals surface area contributed by atoms with Crippen LogP contribution in [0.25, 0.3) is 0 Å². The molecule has 2 heterocycles. The Bertz CT molecular complexity index is 2140. The van der Waals surface area contributed by atoms with E-state index in [1.165, 1.54) is 33.9 Å². The summed E-state index contributed by atoms with van der Waals surface area (Å²) in [5, 5.41) is 36.8. The first-order valence-corrected chi connectivity index (χ1v) is 22.9. The standard InChI is InChI=1S/C41H58N8O14S.3CO.Re/c50-33(13-10-11-31-14-16-32(17-15-31)44-64(61,62)63)12-8-6-4-2-1-3-5-7-9-20-45(23-34-42-18-21-46(34)25-36(51)48(27-38(53)54)28-39(55)56)24-35-43-19-22-47(35)26-37(52)49(29-40(57)58)30-41(59)60;3*1-2;/h14-19,21-22,44H,1-13,20,23-30H2,(H,53,54)(H,55,56)(H,57,58)(H,59,60)(H,61,62,63);;;;. The Kier molecular flexibility index (Phi) is 36.1. The number of ketones is 1. The maximum Gasteiger partial charge on any atom is 0 e. The molecule has 25 nitrogen and oxygen atoms in total. The number of Topliss-reactive ketones (excluding diaryl/α,β-unsaturated/α-hetero) is 1. The summed E-state index contributed by atoms with van der Waals surface area (Å²) in [6.07, 6.45) is 16.8. The van der Waals surface area contributed by atoms with Gasteiger partial charge in [0.15, 0.2) is 0 Å².